The maximum Gasteiger partial charge on any atom is 0.372 e. The highest BCUT2D eigenvalue weighted by Crippen LogP contribution is 2.36. The van der Waals surface area contributed by atoms with Gasteiger partial charge in [-0.2, -0.15) is 0 Å². The molecule has 0 aliphatic carbocycles. The third-order valence-electron chi connectivity index (χ3n) is 5.38. The number of anilines is 1. The number of allylic oxidation sites excluding steroid dienone is 1. The zero-order valence-corrected chi connectivity index (χ0v) is 18.4. The van der Waals surface area contributed by atoms with E-state index in [4.69, 9.17) is 4.74 Å². The molecular formula is C27H24N2O4. The molecule has 1 atom stereocenters. The number of para-hydroxylation sites is 1. The Kier molecular flexibility index (Phi) is 6.20. The summed E-state index contributed by atoms with van der Waals surface area (Å²) in [6.45, 7) is 3.43. The van der Waals surface area contributed by atoms with Crippen molar-refractivity contribution in [2.75, 3.05) is 11.5 Å². The molecule has 1 unspecified atom stereocenters. The van der Waals surface area contributed by atoms with Crippen LogP contribution in [0.15, 0.2) is 102 Å². The van der Waals surface area contributed by atoms with Crippen LogP contribution in [0.5, 0.6) is 0 Å². The number of aliphatic hydroxyl groups is 1. The molecule has 4 rings (SSSR count). The molecular weight excluding hydrogens is 416 g/mol. The van der Waals surface area contributed by atoms with E-state index in [1.807, 2.05) is 73.7 Å². The number of carbonyl (C=O) groups is 2. The summed E-state index contributed by atoms with van der Waals surface area (Å²) in [4.78, 5) is 32.6. The second-order valence-electron chi connectivity index (χ2n) is 7.53. The summed E-state index contributed by atoms with van der Waals surface area (Å²) in [5, 5.41) is 11.5. The molecule has 1 heterocycles. The SMILES string of the molecule is CCOC(=O)C1(O)N=C(c2ccccc2)C(C)=C(c2ccccc2)N(c2ccccc2)C1=O. The van der Waals surface area contributed by atoms with Crippen LogP contribution in [0.4, 0.5) is 5.69 Å². The maximum absolute atomic E-state index is 13.9. The van der Waals surface area contributed by atoms with Gasteiger partial charge in [0.2, 0.25) is 0 Å². The van der Waals surface area contributed by atoms with Crippen molar-refractivity contribution >= 4 is 29.0 Å². The fourth-order valence-corrected chi connectivity index (χ4v) is 3.84. The zero-order valence-electron chi connectivity index (χ0n) is 18.4. The van der Waals surface area contributed by atoms with Gasteiger partial charge in [-0.1, -0.05) is 78.9 Å². The van der Waals surface area contributed by atoms with Crippen molar-refractivity contribution in [2.45, 2.75) is 19.6 Å². The van der Waals surface area contributed by atoms with Crippen LogP contribution in [0.3, 0.4) is 0 Å². The molecule has 6 heteroatoms. The summed E-state index contributed by atoms with van der Waals surface area (Å²) >= 11 is 0. The third kappa shape index (κ3) is 4.08. The molecule has 0 saturated heterocycles. The van der Waals surface area contributed by atoms with Crippen LogP contribution in [0.2, 0.25) is 0 Å². The fraction of sp³-hybridized carbons (Fsp3) is 0.148. The van der Waals surface area contributed by atoms with Crippen molar-refractivity contribution in [3.05, 3.63) is 108 Å². The van der Waals surface area contributed by atoms with Gasteiger partial charge >= 0.3 is 11.7 Å². The van der Waals surface area contributed by atoms with Crippen LogP contribution in [-0.4, -0.2) is 35.0 Å². The molecule has 1 amide bonds. The van der Waals surface area contributed by atoms with Gasteiger partial charge in [0, 0.05) is 11.3 Å². The Morgan fingerprint density at radius 3 is 1.97 bits per heavy atom. The highest BCUT2D eigenvalue weighted by atomic mass is 16.6. The van der Waals surface area contributed by atoms with Crippen LogP contribution in [0, 0.1) is 0 Å². The smallest absolute Gasteiger partial charge is 0.372 e. The number of amides is 1. The average molecular weight is 440 g/mol. The van der Waals surface area contributed by atoms with Crippen molar-refractivity contribution in [2.24, 2.45) is 4.99 Å². The molecule has 1 aliphatic heterocycles. The average Bonchev–Trinajstić information content (AvgIpc) is 2.94. The highest BCUT2D eigenvalue weighted by molar-refractivity contribution is 6.27. The predicted molar refractivity (Wildman–Crippen MR) is 128 cm³/mol. The summed E-state index contributed by atoms with van der Waals surface area (Å²) in [5.74, 6) is -2.03. The Morgan fingerprint density at radius 1 is 0.909 bits per heavy atom. The minimum absolute atomic E-state index is 0.00605. The Morgan fingerprint density at radius 2 is 1.42 bits per heavy atom. The number of esters is 1. The number of ether oxygens (including phenoxy) is 1. The molecule has 3 aromatic rings. The molecule has 0 spiro atoms. The first-order valence-electron chi connectivity index (χ1n) is 10.7. The van der Waals surface area contributed by atoms with Gasteiger partial charge in [0.25, 0.3) is 5.91 Å². The van der Waals surface area contributed by atoms with Gasteiger partial charge in [-0.3, -0.25) is 9.69 Å². The monoisotopic (exact) mass is 440 g/mol. The van der Waals surface area contributed by atoms with Gasteiger partial charge in [-0.15, -0.1) is 0 Å². The van der Waals surface area contributed by atoms with E-state index >= 15 is 0 Å². The molecule has 0 saturated carbocycles. The lowest BCUT2D eigenvalue weighted by Gasteiger charge is -2.30. The number of aliphatic imine (C=N–C) groups is 1. The van der Waals surface area contributed by atoms with Crippen LogP contribution in [0.25, 0.3) is 5.70 Å². The minimum Gasteiger partial charge on any atom is -0.462 e. The normalized spacial score (nSPS) is 18.6. The highest BCUT2D eigenvalue weighted by Gasteiger charge is 2.52. The Labute approximate surface area is 192 Å². The lowest BCUT2D eigenvalue weighted by Crippen LogP contribution is -2.53. The predicted octanol–water partition coefficient (Wildman–Crippen LogP) is 4.21. The van der Waals surface area contributed by atoms with Gasteiger partial charge in [0.05, 0.1) is 18.0 Å². The lowest BCUT2D eigenvalue weighted by atomic mass is 9.97. The van der Waals surface area contributed by atoms with E-state index in [-0.39, 0.29) is 6.61 Å². The van der Waals surface area contributed by atoms with Crippen LogP contribution in [0.1, 0.15) is 25.0 Å². The van der Waals surface area contributed by atoms with Crippen molar-refractivity contribution in [3.8, 4) is 0 Å². The van der Waals surface area contributed by atoms with Crippen LogP contribution in [-0.2, 0) is 14.3 Å². The Hall–Kier alpha value is -4.03. The molecule has 33 heavy (non-hydrogen) atoms. The van der Waals surface area contributed by atoms with Gasteiger partial charge < -0.3 is 9.84 Å². The summed E-state index contributed by atoms with van der Waals surface area (Å²) in [5.41, 5.74) is 0.622. The molecule has 1 N–H and O–H groups in total. The fourth-order valence-electron chi connectivity index (χ4n) is 3.84. The number of nitrogens with zero attached hydrogens (tertiary/aromatic N) is 2. The van der Waals surface area contributed by atoms with E-state index in [0.29, 0.717) is 28.2 Å². The third-order valence-corrected chi connectivity index (χ3v) is 5.38. The molecule has 6 nitrogen and oxygen atoms in total. The van der Waals surface area contributed by atoms with Gasteiger partial charge in [-0.25, -0.2) is 9.79 Å². The van der Waals surface area contributed by atoms with Crippen molar-refractivity contribution in [3.63, 3.8) is 0 Å². The minimum atomic E-state index is -2.76. The molecule has 1 aliphatic rings. The number of hydrogen-bond donors (Lipinski definition) is 1. The van der Waals surface area contributed by atoms with E-state index in [2.05, 4.69) is 4.99 Å². The van der Waals surface area contributed by atoms with E-state index in [1.54, 1.807) is 31.2 Å². The van der Waals surface area contributed by atoms with Crippen LogP contribution < -0.4 is 4.90 Å². The van der Waals surface area contributed by atoms with E-state index in [1.165, 1.54) is 4.90 Å². The quantitative estimate of drug-likeness (QED) is 0.476. The summed E-state index contributed by atoms with van der Waals surface area (Å²) in [7, 11) is 0. The van der Waals surface area contributed by atoms with Crippen molar-refractivity contribution in [1.29, 1.82) is 0 Å². The first-order chi connectivity index (χ1) is 16.0. The molecule has 0 fully saturated rings. The van der Waals surface area contributed by atoms with Crippen molar-refractivity contribution < 1.29 is 19.4 Å². The molecule has 0 aromatic heterocycles. The first kappa shape index (κ1) is 22.2. The second kappa shape index (κ2) is 9.22. The number of benzene rings is 3. The molecule has 166 valence electrons. The first-order valence-corrected chi connectivity index (χ1v) is 10.7. The van der Waals surface area contributed by atoms with Gasteiger partial charge in [0.15, 0.2) is 0 Å². The van der Waals surface area contributed by atoms with E-state index < -0.39 is 17.6 Å². The van der Waals surface area contributed by atoms with E-state index in [9.17, 15) is 14.7 Å². The second-order valence-corrected chi connectivity index (χ2v) is 7.53. The topological polar surface area (TPSA) is 79.2 Å². The number of rotatable bonds is 5. The zero-order chi connectivity index (χ0) is 23.4. The lowest BCUT2D eigenvalue weighted by molar-refractivity contribution is -0.168. The molecule has 3 aromatic carbocycles. The summed E-state index contributed by atoms with van der Waals surface area (Å²) in [6.07, 6.45) is 0. The van der Waals surface area contributed by atoms with Crippen molar-refractivity contribution in [1.82, 2.24) is 0 Å². The Balaban J connectivity index is 2.07. The van der Waals surface area contributed by atoms with Gasteiger partial charge in [0.1, 0.15) is 0 Å². The molecule has 0 bridgehead atoms. The van der Waals surface area contributed by atoms with Gasteiger partial charge in [-0.05, 0) is 37.1 Å². The number of carbonyl (C=O) groups excluding carboxylic acids is 2. The number of hydrogen-bond acceptors (Lipinski definition) is 5. The van der Waals surface area contributed by atoms with Crippen LogP contribution >= 0.6 is 0 Å². The summed E-state index contributed by atoms with van der Waals surface area (Å²) in [6, 6.07) is 27.4. The standard InChI is InChI=1S/C27H24N2O4/c1-3-33-26(31)27(32)25(30)29(22-17-11-6-12-18-22)24(21-15-9-5-10-16-21)19(2)23(28-27)20-13-7-4-8-14-20/h4-18,32H,3H2,1-2H3. The maximum atomic E-state index is 13.9. The summed E-state index contributed by atoms with van der Waals surface area (Å²) < 4.78 is 5.09. The Bertz CT molecular complexity index is 1220. The largest absolute Gasteiger partial charge is 0.462 e. The molecule has 0 radical (unpaired) electrons. The van der Waals surface area contributed by atoms with E-state index in [0.717, 1.165) is 5.56 Å².